The van der Waals surface area contributed by atoms with Gasteiger partial charge in [-0.15, -0.1) is 0 Å². The number of alkyl halides is 2. The zero-order valence-corrected chi connectivity index (χ0v) is 15.2. The van der Waals surface area contributed by atoms with Crippen LogP contribution in [0.25, 0.3) is 0 Å². The predicted octanol–water partition coefficient (Wildman–Crippen LogP) is 3.50. The summed E-state index contributed by atoms with van der Waals surface area (Å²) in [7, 11) is 0. The number of nitrogens with one attached hydrogen (secondary N) is 2. The van der Waals surface area contributed by atoms with Gasteiger partial charge in [-0.2, -0.15) is 8.78 Å². The van der Waals surface area contributed by atoms with Crippen LogP contribution in [0.5, 0.6) is 5.75 Å². The number of benzene rings is 1. The highest BCUT2D eigenvalue weighted by Gasteiger charge is 2.22. The summed E-state index contributed by atoms with van der Waals surface area (Å²) in [6.45, 7) is -0.425. The van der Waals surface area contributed by atoms with Crippen molar-refractivity contribution in [2.75, 3.05) is 11.9 Å². The van der Waals surface area contributed by atoms with Crippen LogP contribution in [0.15, 0.2) is 24.3 Å². The third kappa shape index (κ3) is 7.15. The molecule has 7 heteroatoms. The Balaban J connectivity index is 1.70. The van der Waals surface area contributed by atoms with Gasteiger partial charge in [0.1, 0.15) is 5.75 Å². The Morgan fingerprint density at radius 1 is 1.23 bits per heavy atom. The van der Waals surface area contributed by atoms with Gasteiger partial charge in [0, 0.05) is 18.3 Å². The molecule has 1 aliphatic carbocycles. The van der Waals surface area contributed by atoms with Crippen molar-refractivity contribution in [1.82, 2.24) is 5.32 Å². The van der Waals surface area contributed by atoms with Crippen LogP contribution in [-0.4, -0.2) is 31.1 Å². The van der Waals surface area contributed by atoms with E-state index in [9.17, 15) is 13.6 Å². The van der Waals surface area contributed by atoms with Crippen molar-refractivity contribution < 1.29 is 18.3 Å². The molecule has 1 aromatic rings. The van der Waals surface area contributed by atoms with Crippen LogP contribution >= 0.6 is 0 Å². The molecule has 2 atom stereocenters. The van der Waals surface area contributed by atoms with Gasteiger partial charge in [0.25, 0.3) is 0 Å². The van der Waals surface area contributed by atoms with Gasteiger partial charge in [-0.3, -0.25) is 4.79 Å². The molecule has 5 nitrogen and oxygen atoms in total. The molecular weight excluding hydrogens is 340 g/mol. The summed E-state index contributed by atoms with van der Waals surface area (Å²) >= 11 is 0. The quantitative estimate of drug-likeness (QED) is 0.623. The molecule has 0 bridgehead atoms. The Morgan fingerprint density at radius 2 is 1.88 bits per heavy atom. The highest BCUT2D eigenvalue weighted by atomic mass is 19.3. The van der Waals surface area contributed by atoms with E-state index >= 15 is 0 Å². The number of rotatable bonds is 9. The molecule has 146 valence electrons. The Morgan fingerprint density at radius 3 is 2.50 bits per heavy atom. The molecule has 1 amide bonds. The second kappa shape index (κ2) is 10.3. The minimum absolute atomic E-state index is 0.100. The van der Waals surface area contributed by atoms with Gasteiger partial charge in [-0.25, -0.2) is 0 Å². The lowest BCUT2D eigenvalue weighted by atomic mass is 9.85. The van der Waals surface area contributed by atoms with Gasteiger partial charge in [-0.05, 0) is 43.5 Å². The van der Waals surface area contributed by atoms with Gasteiger partial charge >= 0.3 is 6.61 Å². The highest BCUT2D eigenvalue weighted by molar-refractivity contribution is 5.81. The number of amides is 1. The maximum atomic E-state index is 12.2. The van der Waals surface area contributed by atoms with Gasteiger partial charge in [-0.1, -0.05) is 32.1 Å². The number of hydrogen-bond acceptors (Lipinski definition) is 4. The second-order valence-electron chi connectivity index (χ2n) is 7.04. The summed E-state index contributed by atoms with van der Waals surface area (Å²) in [5.41, 5.74) is 6.82. The molecule has 0 saturated heterocycles. The summed E-state index contributed by atoms with van der Waals surface area (Å²) in [6, 6.07) is 5.68. The number of anilines is 1. The zero-order valence-electron chi connectivity index (χ0n) is 15.2. The van der Waals surface area contributed by atoms with Crippen LogP contribution < -0.4 is 21.1 Å². The van der Waals surface area contributed by atoms with Crippen molar-refractivity contribution in [3.05, 3.63) is 24.3 Å². The number of nitrogens with two attached hydrogens (primary N) is 1. The predicted molar refractivity (Wildman–Crippen MR) is 98.3 cm³/mol. The monoisotopic (exact) mass is 369 g/mol. The summed E-state index contributed by atoms with van der Waals surface area (Å²) in [5, 5.41) is 6.08. The Kier molecular flexibility index (Phi) is 8.09. The first-order valence-corrected chi connectivity index (χ1v) is 9.28. The number of hydrogen-bond donors (Lipinski definition) is 3. The summed E-state index contributed by atoms with van der Waals surface area (Å²) in [6.07, 6.45) is 6.85. The van der Waals surface area contributed by atoms with Crippen LogP contribution in [0.3, 0.4) is 0 Å². The van der Waals surface area contributed by atoms with Crippen LogP contribution in [0.4, 0.5) is 14.5 Å². The van der Waals surface area contributed by atoms with E-state index in [2.05, 4.69) is 15.4 Å². The Hall–Kier alpha value is -1.89. The van der Waals surface area contributed by atoms with E-state index in [1.54, 1.807) is 12.1 Å². The molecule has 1 saturated carbocycles. The second-order valence-corrected chi connectivity index (χ2v) is 7.04. The first kappa shape index (κ1) is 20.4. The maximum Gasteiger partial charge on any atom is 0.387 e. The highest BCUT2D eigenvalue weighted by Crippen LogP contribution is 2.27. The van der Waals surface area contributed by atoms with Crippen molar-refractivity contribution >= 4 is 11.6 Å². The molecule has 1 aliphatic rings. The number of carbonyl (C=O) groups is 1. The fourth-order valence-electron chi connectivity index (χ4n) is 3.32. The SMILES string of the molecule is C[C@@H](CNc1ccc(OC(F)F)cc1)NC(=O)[C@@H](N)CC1CCCCC1. The number of ether oxygens (including phenoxy) is 1. The average molecular weight is 369 g/mol. The molecule has 1 aromatic carbocycles. The molecule has 1 fully saturated rings. The first-order valence-electron chi connectivity index (χ1n) is 9.28. The average Bonchev–Trinajstić information content (AvgIpc) is 2.61. The molecule has 0 heterocycles. The normalized spacial score (nSPS) is 17.6. The molecule has 0 aliphatic heterocycles. The molecule has 2 rings (SSSR count). The van der Waals surface area contributed by atoms with E-state index in [0.717, 1.165) is 12.1 Å². The van der Waals surface area contributed by atoms with E-state index in [-0.39, 0.29) is 17.7 Å². The third-order valence-electron chi connectivity index (χ3n) is 4.73. The van der Waals surface area contributed by atoms with Crippen LogP contribution in [-0.2, 0) is 4.79 Å². The molecule has 0 spiro atoms. The van der Waals surface area contributed by atoms with Crippen LogP contribution in [0.1, 0.15) is 45.4 Å². The van der Waals surface area contributed by atoms with E-state index in [4.69, 9.17) is 5.73 Å². The van der Waals surface area contributed by atoms with Crippen molar-refractivity contribution in [2.24, 2.45) is 11.7 Å². The van der Waals surface area contributed by atoms with Crippen molar-refractivity contribution in [2.45, 2.75) is 64.1 Å². The topological polar surface area (TPSA) is 76.4 Å². The van der Waals surface area contributed by atoms with E-state index < -0.39 is 12.7 Å². The largest absolute Gasteiger partial charge is 0.435 e. The van der Waals surface area contributed by atoms with Gasteiger partial charge in [0.05, 0.1) is 6.04 Å². The minimum Gasteiger partial charge on any atom is -0.435 e. The van der Waals surface area contributed by atoms with E-state index in [1.807, 2.05) is 6.92 Å². The van der Waals surface area contributed by atoms with E-state index in [1.165, 1.54) is 44.2 Å². The lowest BCUT2D eigenvalue weighted by molar-refractivity contribution is -0.123. The zero-order chi connectivity index (χ0) is 18.9. The van der Waals surface area contributed by atoms with E-state index in [0.29, 0.717) is 12.5 Å². The maximum absolute atomic E-state index is 12.2. The summed E-state index contributed by atoms with van der Waals surface area (Å²) in [4.78, 5) is 12.2. The van der Waals surface area contributed by atoms with Crippen molar-refractivity contribution in [3.8, 4) is 5.75 Å². The lowest BCUT2D eigenvalue weighted by Crippen LogP contribution is -2.47. The van der Waals surface area contributed by atoms with Crippen LogP contribution in [0, 0.1) is 5.92 Å². The Labute approximate surface area is 153 Å². The van der Waals surface area contributed by atoms with Crippen LogP contribution in [0.2, 0.25) is 0 Å². The summed E-state index contributed by atoms with van der Waals surface area (Å²) < 4.78 is 28.5. The number of halogens is 2. The molecule has 26 heavy (non-hydrogen) atoms. The van der Waals surface area contributed by atoms with Gasteiger partial charge in [0.15, 0.2) is 0 Å². The molecule has 0 radical (unpaired) electrons. The van der Waals surface area contributed by atoms with Gasteiger partial charge < -0.3 is 21.1 Å². The summed E-state index contributed by atoms with van der Waals surface area (Å²) in [5.74, 6) is 0.554. The lowest BCUT2D eigenvalue weighted by Gasteiger charge is -2.25. The fourth-order valence-corrected chi connectivity index (χ4v) is 3.32. The molecular formula is C19H29F2N3O2. The van der Waals surface area contributed by atoms with Gasteiger partial charge in [0.2, 0.25) is 5.91 Å². The van der Waals surface area contributed by atoms with Crippen molar-refractivity contribution in [3.63, 3.8) is 0 Å². The first-order chi connectivity index (χ1) is 12.4. The number of carbonyl (C=O) groups excluding carboxylic acids is 1. The Bertz CT molecular complexity index is 548. The standard InChI is InChI=1S/C19H29F2N3O2/c1-13(12-23-15-7-9-16(10-8-15)26-19(20)21)24-18(25)17(22)11-14-5-3-2-4-6-14/h7-10,13-14,17,19,23H,2-6,11-12,22H2,1H3,(H,24,25)/t13-,17-/m0/s1. The molecule has 0 unspecified atom stereocenters. The molecule has 4 N–H and O–H groups in total. The molecule has 0 aromatic heterocycles. The smallest absolute Gasteiger partial charge is 0.387 e. The minimum atomic E-state index is -2.83. The van der Waals surface area contributed by atoms with Crippen molar-refractivity contribution in [1.29, 1.82) is 0 Å². The fraction of sp³-hybridized carbons (Fsp3) is 0.632. The third-order valence-corrected chi connectivity index (χ3v) is 4.73.